The predicted octanol–water partition coefficient (Wildman–Crippen LogP) is 1.98. The lowest BCUT2D eigenvalue weighted by Gasteiger charge is -1.84. The van der Waals surface area contributed by atoms with Crippen LogP contribution < -0.4 is 0 Å². The summed E-state index contributed by atoms with van der Waals surface area (Å²) in [4.78, 5) is 9.39. The highest BCUT2D eigenvalue weighted by Gasteiger charge is 2.23. The Labute approximate surface area is 93.8 Å². The van der Waals surface area contributed by atoms with E-state index in [0.717, 1.165) is 0 Å². The molecule has 0 atom stereocenters. The Balaban J connectivity index is 0.00000169. The third-order valence-electron chi connectivity index (χ3n) is 1.10. The maximum absolute atomic E-state index is 10.5. The van der Waals surface area contributed by atoms with Gasteiger partial charge >= 0.3 is 10.1 Å². The Kier molecular flexibility index (Phi) is 4.28. The van der Waals surface area contributed by atoms with Crippen molar-refractivity contribution in [2.75, 3.05) is 0 Å². The van der Waals surface area contributed by atoms with Crippen LogP contribution in [0, 0.1) is 10.1 Å². The molecular weight excluding hydrogens is 277 g/mol. The van der Waals surface area contributed by atoms with Gasteiger partial charge in [0.15, 0.2) is 8.55 Å². The van der Waals surface area contributed by atoms with Crippen LogP contribution in [0.25, 0.3) is 0 Å². The Morgan fingerprint density at radius 1 is 1.57 bits per heavy atom. The summed E-state index contributed by atoms with van der Waals surface area (Å²) in [6.45, 7) is 0. The minimum absolute atomic E-state index is 0. The lowest BCUT2D eigenvalue weighted by Crippen LogP contribution is -1.93. The molecule has 0 aliphatic rings. The van der Waals surface area contributed by atoms with Crippen LogP contribution in [0.4, 0.5) is 5.69 Å². The molecule has 14 heavy (non-hydrogen) atoms. The highest BCUT2D eigenvalue weighted by Crippen LogP contribution is 2.35. The minimum Gasteiger partial charge on any atom is -0.281 e. The molecule has 0 aliphatic heterocycles. The van der Waals surface area contributed by atoms with Crippen molar-refractivity contribution in [1.82, 2.24) is 0 Å². The number of thiophene rings is 1. The van der Waals surface area contributed by atoms with Crippen molar-refractivity contribution in [2.24, 2.45) is 0 Å². The third kappa shape index (κ3) is 2.79. The quantitative estimate of drug-likeness (QED) is 0.507. The molecule has 10 heteroatoms. The summed E-state index contributed by atoms with van der Waals surface area (Å²) in [7, 11) is -4.41. The van der Waals surface area contributed by atoms with E-state index in [9.17, 15) is 18.5 Å². The van der Waals surface area contributed by atoms with Gasteiger partial charge in [0.2, 0.25) is 0 Å². The Bertz CT molecular complexity index is 452. The molecule has 1 rings (SSSR count). The Morgan fingerprint density at radius 3 is 2.29 bits per heavy atom. The predicted molar refractivity (Wildman–Crippen MR) is 53.0 cm³/mol. The van der Waals surface area contributed by atoms with Crippen LogP contribution in [0.5, 0.6) is 0 Å². The summed E-state index contributed by atoms with van der Waals surface area (Å²) in [6.07, 6.45) is 0. The first-order valence-corrected chi connectivity index (χ1v) is 5.37. The zero-order chi connectivity index (χ0) is 10.2. The van der Waals surface area contributed by atoms with E-state index in [-0.39, 0.29) is 16.7 Å². The molecule has 0 aliphatic carbocycles. The summed E-state index contributed by atoms with van der Waals surface area (Å²) in [5.74, 6) is 0. The molecule has 80 valence electrons. The van der Waals surface area contributed by atoms with Gasteiger partial charge in [-0.25, -0.2) is 0 Å². The van der Waals surface area contributed by atoms with Crippen molar-refractivity contribution in [2.45, 2.75) is 4.21 Å². The number of halogens is 2. The van der Waals surface area contributed by atoms with Gasteiger partial charge < -0.3 is 0 Å². The fourth-order valence-electron chi connectivity index (χ4n) is 0.590. The molecule has 0 fully saturated rings. The number of nitro groups is 1. The number of nitrogens with zero attached hydrogens (tertiary/aromatic N) is 1. The van der Waals surface area contributed by atoms with Gasteiger partial charge in [-0.1, -0.05) is 11.6 Å². The third-order valence-corrected chi connectivity index (χ3v) is 3.74. The van der Waals surface area contributed by atoms with E-state index in [1.807, 2.05) is 0 Å². The average Bonchev–Trinajstić information content (AvgIpc) is 2.29. The SMILES string of the molecule is Cl.O=[N+]([O-])c1cc(S(=O)(=O)O)sc1Cl. The van der Waals surface area contributed by atoms with E-state index in [1.165, 1.54) is 0 Å². The smallest absolute Gasteiger partial charge is 0.281 e. The van der Waals surface area contributed by atoms with Gasteiger partial charge in [0, 0.05) is 6.07 Å². The van der Waals surface area contributed by atoms with Crippen molar-refractivity contribution in [3.8, 4) is 0 Å². The molecule has 0 saturated heterocycles. The number of hydrogen-bond acceptors (Lipinski definition) is 5. The van der Waals surface area contributed by atoms with E-state index in [2.05, 4.69) is 0 Å². The fraction of sp³-hybridized carbons (Fsp3) is 0. The van der Waals surface area contributed by atoms with Crippen molar-refractivity contribution >= 4 is 51.2 Å². The largest absolute Gasteiger partial charge is 0.304 e. The van der Waals surface area contributed by atoms with E-state index < -0.39 is 24.9 Å². The molecule has 0 unspecified atom stereocenters. The molecule has 0 spiro atoms. The van der Waals surface area contributed by atoms with Crippen LogP contribution in [-0.4, -0.2) is 17.9 Å². The van der Waals surface area contributed by atoms with E-state index in [4.69, 9.17) is 16.2 Å². The molecule has 1 heterocycles. The van der Waals surface area contributed by atoms with Crippen LogP contribution in [0.3, 0.4) is 0 Å². The van der Waals surface area contributed by atoms with Gasteiger partial charge in [0.05, 0.1) is 4.92 Å². The van der Waals surface area contributed by atoms with E-state index in [1.54, 1.807) is 0 Å². The monoisotopic (exact) mass is 279 g/mol. The van der Waals surface area contributed by atoms with Crippen molar-refractivity contribution < 1.29 is 17.9 Å². The highest BCUT2D eigenvalue weighted by atomic mass is 35.5. The fourth-order valence-corrected chi connectivity index (χ4v) is 2.62. The second kappa shape index (κ2) is 4.41. The second-order valence-corrected chi connectivity index (χ2v) is 5.26. The van der Waals surface area contributed by atoms with Gasteiger partial charge in [-0.15, -0.1) is 23.7 Å². The maximum Gasteiger partial charge on any atom is 0.304 e. The van der Waals surface area contributed by atoms with E-state index >= 15 is 0 Å². The van der Waals surface area contributed by atoms with Gasteiger partial charge in [-0.05, 0) is 0 Å². The van der Waals surface area contributed by atoms with E-state index in [0.29, 0.717) is 17.4 Å². The summed E-state index contributed by atoms with van der Waals surface area (Å²) in [5.41, 5.74) is -0.528. The van der Waals surface area contributed by atoms with Crippen LogP contribution in [0.2, 0.25) is 4.34 Å². The molecule has 0 radical (unpaired) electrons. The zero-order valence-corrected chi connectivity index (χ0v) is 9.41. The maximum atomic E-state index is 10.5. The second-order valence-electron chi connectivity index (χ2n) is 1.96. The molecule has 1 aromatic heterocycles. The first-order valence-electron chi connectivity index (χ1n) is 2.73. The molecule has 0 bridgehead atoms. The molecular formula is C4H3Cl2NO5S2. The minimum atomic E-state index is -4.41. The summed E-state index contributed by atoms with van der Waals surface area (Å²) in [5, 5.41) is 10.2. The standard InChI is InChI=1S/C4H2ClNO5S2.ClH/c5-4-2(6(7)8)1-3(12-4)13(9,10)11;/h1H,(H,9,10,11);1H. The van der Waals surface area contributed by atoms with Gasteiger partial charge in [-0.2, -0.15) is 8.42 Å². The van der Waals surface area contributed by atoms with Crippen molar-refractivity contribution in [3.05, 3.63) is 20.5 Å². The molecule has 0 aromatic carbocycles. The summed E-state index contributed by atoms with van der Waals surface area (Å²) in [6, 6.07) is 0.711. The molecule has 0 saturated carbocycles. The van der Waals surface area contributed by atoms with Crippen molar-refractivity contribution in [3.63, 3.8) is 0 Å². The molecule has 1 N–H and O–H groups in total. The van der Waals surface area contributed by atoms with Gasteiger partial charge in [0.25, 0.3) is 5.69 Å². The lowest BCUT2D eigenvalue weighted by molar-refractivity contribution is -0.384. The van der Waals surface area contributed by atoms with Crippen LogP contribution in [-0.2, 0) is 10.1 Å². The normalized spacial score (nSPS) is 10.7. The number of hydrogen-bond donors (Lipinski definition) is 1. The van der Waals surface area contributed by atoms with Crippen LogP contribution in [0.1, 0.15) is 0 Å². The Morgan fingerprint density at radius 2 is 2.07 bits per heavy atom. The van der Waals surface area contributed by atoms with Gasteiger partial charge in [0.1, 0.15) is 0 Å². The lowest BCUT2D eigenvalue weighted by atomic mass is 10.6. The van der Waals surface area contributed by atoms with Crippen LogP contribution >= 0.6 is 35.3 Å². The Hall–Kier alpha value is -0.410. The first kappa shape index (κ1) is 13.6. The van der Waals surface area contributed by atoms with Crippen LogP contribution in [0.15, 0.2) is 10.3 Å². The summed E-state index contributed by atoms with van der Waals surface area (Å²) < 4.78 is 28.7. The number of rotatable bonds is 2. The molecule has 1 aromatic rings. The zero-order valence-electron chi connectivity index (χ0n) is 6.21. The van der Waals surface area contributed by atoms with Crippen molar-refractivity contribution in [1.29, 1.82) is 0 Å². The topological polar surface area (TPSA) is 97.5 Å². The summed E-state index contributed by atoms with van der Waals surface area (Å²) >= 11 is 5.78. The highest BCUT2D eigenvalue weighted by molar-refractivity contribution is 7.88. The average molecular weight is 280 g/mol. The first-order chi connectivity index (χ1) is 5.82. The molecule has 0 amide bonds. The molecule has 6 nitrogen and oxygen atoms in total. The van der Waals surface area contributed by atoms with Gasteiger partial charge in [-0.3, -0.25) is 14.7 Å².